The van der Waals surface area contributed by atoms with Gasteiger partial charge in [-0.05, 0) is 25.5 Å². The molecule has 0 radical (unpaired) electrons. The van der Waals surface area contributed by atoms with Crippen LogP contribution in [-0.2, 0) is 4.74 Å². The Morgan fingerprint density at radius 3 is 2.56 bits per heavy atom. The summed E-state index contributed by atoms with van der Waals surface area (Å²) in [4.78, 5) is 8.64. The molecule has 1 aromatic heterocycles. The van der Waals surface area contributed by atoms with E-state index in [1.807, 2.05) is 19.3 Å². The molecule has 0 fully saturated rings. The summed E-state index contributed by atoms with van der Waals surface area (Å²) >= 11 is 0. The number of aromatic nitrogens is 2. The molecule has 4 nitrogen and oxygen atoms in total. The Morgan fingerprint density at radius 1 is 1.31 bits per heavy atom. The molecule has 4 heteroatoms. The molecule has 0 spiro atoms. The van der Waals surface area contributed by atoms with E-state index in [4.69, 9.17) is 4.74 Å². The molecule has 0 aliphatic carbocycles. The number of aryl methyl sites for hydroxylation is 1. The van der Waals surface area contributed by atoms with Crippen molar-refractivity contribution < 1.29 is 4.74 Å². The van der Waals surface area contributed by atoms with Crippen molar-refractivity contribution in [3.05, 3.63) is 23.8 Å². The fourth-order valence-electron chi connectivity index (χ4n) is 1.40. The molecular weight excluding hydrogens is 202 g/mol. The van der Waals surface area contributed by atoms with Crippen molar-refractivity contribution in [1.82, 2.24) is 15.3 Å². The number of hydrogen-bond donors (Lipinski definition) is 1. The van der Waals surface area contributed by atoms with Crippen molar-refractivity contribution in [2.45, 2.75) is 33.2 Å². The highest BCUT2D eigenvalue weighted by Crippen LogP contribution is 2.08. The molecule has 1 aromatic rings. The van der Waals surface area contributed by atoms with E-state index in [0.717, 1.165) is 31.0 Å². The Hall–Kier alpha value is -1.00. The van der Waals surface area contributed by atoms with Gasteiger partial charge in [0.1, 0.15) is 5.82 Å². The summed E-state index contributed by atoms with van der Waals surface area (Å²) < 4.78 is 5.54. The normalized spacial score (nSPS) is 12.7. The second-order valence-corrected chi connectivity index (χ2v) is 3.80. The van der Waals surface area contributed by atoms with Crippen molar-refractivity contribution in [3.8, 4) is 0 Å². The van der Waals surface area contributed by atoms with Gasteiger partial charge in [0.15, 0.2) is 0 Å². The molecule has 1 N–H and O–H groups in total. The third-order valence-corrected chi connectivity index (χ3v) is 2.20. The van der Waals surface area contributed by atoms with Gasteiger partial charge in [0, 0.05) is 19.0 Å². The molecule has 0 aromatic carbocycles. The lowest BCUT2D eigenvalue weighted by Crippen LogP contribution is -2.27. The predicted molar refractivity (Wildman–Crippen MR) is 64.3 cm³/mol. The smallest absolute Gasteiger partial charge is 0.147 e. The van der Waals surface area contributed by atoms with E-state index in [2.05, 4.69) is 29.1 Å². The van der Waals surface area contributed by atoms with Crippen LogP contribution in [-0.4, -0.2) is 29.7 Å². The number of nitrogens with one attached hydrogen (secondary N) is 1. The van der Waals surface area contributed by atoms with Crippen LogP contribution in [0.2, 0.25) is 0 Å². The highest BCUT2D eigenvalue weighted by Gasteiger charge is 2.12. The average Bonchev–Trinajstić information content (AvgIpc) is 2.29. The van der Waals surface area contributed by atoms with Gasteiger partial charge in [0.05, 0.1) is 12.6 Å². The van der Waals surface area contributed by atoms with Crippen LogP contribution in [0, 0.1) is 6.92 Å². The van der Waals surface area contributed by atoms with Crippen molar-refractivity contribution in [3.63, 3.8) is 0 Å². The van der Waals surface area contributed by atoms with Crippen molar-refractivity contribution >= 4 is 0 Å². The van der Waals surface area contributed by atoms with Gasteiger partial charge in [0.2, 0.25) is 0 Å². The van der Waals surface area contributed by atoms with Crippen LogP contribution in [0.5, 0.6) is 0 Å². The summed E-state index contributed by atoms with van der Waals surface area (Å²) in [5, 5.41) is 3.33. The molecule has 0 aliphatic rings. The van der Waals surface area contributed by atoms with Gasteiger partial charge in [-0.25, -0.2) is 9.97 Å². The molecule has 0 bridgehead atoms. The maximum Gasteiger partial charge on any atom is 0.147 e. The van der Waals surface area contributed by atoms with Gasteiger partial charge in [-0.3, -0.25) is 0 Å². The van der Waals surface area contributed by atoms with Crippen LogP contribution in [0.1, 0.15) is 37.7 Å². The minimum atomic E-state index is 0.0946. The number of nitrogens with zero attached hydrogens (tertiary/aromatic N) is 2. The quantitative estimate of drug-likeness (QED) is 0.717. The van der Waals surface area contributed by atoms with Crippen LogP contribution in [0.25, 0.3) is 0 Å². The van der Waals surface area contributed by atoms with E-state index in [0.29, 0.717) is 6.61 Å². The standard InChI is InChI=1S/C12H21N3O/c1-4-6-16-9-11(13-5-2)12-14-7-10(3)8-15-12/h7-8,11,13H,4-6,9H2,1-3H3. The van der Waals surface area contributed by atoms with Gasteiger partial charge in [-0.15, -0.1) is 0 Å². The summed E-state index contributed by atoms with van der Waals surface area (Å²) in [5.74, 6) is 0.809. The molecule has 0 amide bonds. The molecule has 1 rings (SSSR count). The molecule has 0 saturated carbocycles. The molecule has 1 heterocycles. The van der Waals surface area contributed by atoms with Crippen LogP contribution in [0.4, 0.5) is 0 Å². The fourth-order valence-corrected chi connectivity index (χ4v) is 1.40. The topological polar surface area (TPSA) is 47.0 Å². The Morgan fingerprint density at radius 2 is 2.00 bits per heavy atom. The van der Waals surface area contributed by atoms with E-state index in [1.54, 1.807) is 0 Å². The molecule has 0 aliphatic heterocycles. The Kier molecular flexibility index (Phi) is 5.96. The van der Waals surface area contributed by atoms with Crippen molar-refractivity contribution in [1.29, 1.82) is 0 Å². The number of hydrogen-bond acceptors (Lipinski definition) is 4. The second kappa shape index (κ2) is 7.30. The first kappa shape index (κ1) is 13.1. The molecule has 16 heavy (non-hydrogen) atoms. The molecule has 1 atom stereocenters. The molecule has 0 saturated heterocycles. The highest BCUT2D eigenvalue weighted by molar-refractivity contribution is 5.04. The monoisotopic (exact) mass is 223 g/mol. The Labute approximate surface area is 97.5 Å². The highest BCUT2D eigenvalue weighted by atomic mass is 16.5. The summed E-state index contributed by atoms with van der Waals surface area (Å²) in [6, 6.07) is 0.0946. The molecular formula is C12H21N3O. The fraction of sp³-hybridized carbons (Fsp3) is 0.667. The van der Waals surface area contributed by atoms with E-state index in [9.17, 15) is 0 Å². The Bertz CT molecular complexity index is 287. The molecule has 90 valence electrons. The third kappa shape index (κ3) is 4.24. The van der Waals surface area contributed by atoms with Crippen LogP contribution in [0.15, 0.2) is 12.4 Å². The maximum absolute atomic E-state index is 5.54. The van der Waals surface area contributed by atoms with Crippen molar-refractivity contribution in [2.24, 2.45) is 0 Å². The van der Waals surface area contributed by atoms with Gasteiger partial charge in [-0.1, -0.05) is 13.8 Å². The lowest BCUT2D eigenvalue weighted by Gasteiger charge is -2.16. The van der Waals surface area contributed by atoms with Gasteiger partial charge < -0.3 is 10.1 Å². The maximum atomic E-state index is 5.54. The lowest BCUT2D eigenvalue weighted by atomic mass is 10.2. The van der Waals surface area contributed by atoms with Crippen LogP contribution in [0.3, 0.4) is 0 Å². The van der Waals surface area contributed by atoms with Gasteiger partial charge in [-0.2, -0.15) is 0 Å². The first-order valence-corrected chi connectivity index (χ1v) is 5.87. The number of rotatable bonds is 7. The first-order valence-electron chi connectivity index (χ1n) is 5.87. The minimum absolute atomic E-state index is 0.0946. The van der Waals surface area contributed by atoms with Crippen molar-refractivity contribution in [2.75, 3.05) is 19.8 Å². The second-order valence-electron chi connectivity index (χ2n) is 3.80. The summed E-state index contributed by atoms with van der Waals surface area (Å²) in [6.07, 6.45) is 4.71. The number of likely N-dealkylation sites (N-methyl/N-ethyl adjacent to an activating group) is 1. The van der Waals surface area contributed by atoms with Gasteiger partial charge in [0.25, 0.3) is 0 Å². The lowest BCUT2D eigenvalue weighted by molar-refractivity contribution is 0.110. The largest absolute Gasteiger partial charge is 0.379 e. The number of ether oxygens (including phenoxy) is 1. The zero-order chi connectivity index (χ0) is 11.8. The van der Waals surface area contributed by atoms with Crippen LogP contribution < -0.4 is 5.32 Å². The summed E-state index contributed by atoms with van der Waals surface area (Å²) in [6.45, 7) is 8.46. The van der Waals surface area contributed by atoms with E-state index in [1.165, 1.54) is 0 Å². The summed E-state index contributed by atoms with van der Waals surface area (Å²) in [5.41, 5.74) is 1.08. The van der Waals surface area contributed by atoms with E-state index < -0.39 is 0 Å². The zero-order valence-corrected chi connectivity index (χ0v) is 10.4. The third-order valence-electron chi connectivity index (χ3n) is 2.20. The van der Waals surface area contributed by atoms with Crippen LogP contribution >= 0.6 is 0 Å². The van der Waals surface area contributed by atoms with E-state index >= 15 is 0 Å². The summed E-state index contributed by atoms with van der Waals surface area (Å²) in [7, 11) is 0. The van der Waals surface area contributed by atoms with E-state index in [-0.39, 0.29) is 6.04 Å². The predicted octanol–water partition coefficient (Wildman–Crippen LogP) is 1.86. The van der Waals surface area contributed by atoms with Gasteiger partial charge >= 0.3 is 0 Å². The minimum Gasteiger partial charge on any atom is -0.379 e. The average molecular weight is 223 g/mol. The Balaban J connectivity index is 2.57. The first-order chi connectivity index (χ1) is 7.77. The zero-order valence-electron chi connectivity index (χ0n) is 10.4. The molecule has 1 unspecified atom stereocenters. The SMILES string of the molecule is CCCOCC(NCC)c1ncc(C)cn1.